The van der Waals surface area contributed by atoms with E-state index >= 15 is 4.39 Å². The Labute approximate surface area is 167 Å². The maximum Gasteiger partial charge on any atom is 0.212 e. The predicted octanol–water partition coefficient (Wildman–Crippen LogP) is 3.09. The largest absolute Gasteiger partial charge is 0.366 e. The maximum absolute atomic E-state index is 15.5. The van der Waals surface area contributed by atoms with E-state index in [0.717, 1.165) is 0 Å². The molecule has 0 unspecified atom stereocenters. The monoisotopic (exact) mass is 397 g/mol. The standard InChI is InChI=1S/C20H21F2N7/c1-14-9-20(22,12-29-26-13-27(29)2)6-8-28(14)19-15(10-23)5-7-24-18(19)16-3-4-17(21)25-11-16/h3-5,7,11,13-14H,6,8-9,12H2,1-2H3/t14-,20+/m1/s1. The first-order valence-corrected chi connectivity index (χ1v) is 9.41. The van der Waals surface area contributed by atoms with Crippen LogP contribution in [0.2, 0.25) is 0 Å². The van der Waals surface area contributed by atoms with E-state index in [-0.39, 0.29) is 12.6 Å². The van der Waals surface area contributed by atoms with Crippen LogP contribution >= 0.6 is 0 Å². The second-order valence-corrected chi connectivity index (χ2v) is 7.52. The van der Waals surface area contributed by atoms with E-state index in [0.29, 0.717) is 41.9 Å². The van der Waals surface area contributed by atoms with Gasteiger partial charge in [0, 0.05) is 50.4 Å². The summed E-state index contributed by atoms with van der Waals surface area (Å²) in [5, 5.41) is 13.7. The zero-order valence-corrected chi connectivity index (χ0v) is 16.3. The lowest BCUT2D eigenvalue weighted by Crippen LogP contribution is -2.50. The fraction of sp³-hybridized carbons (Fsp3) is 0.400. The normalized spacial score (nSPS) is 21.9. The minimum atomic E-state index is -1.38. The molecule has 9 heteroatoms. The average Bonchev–Trinajstić information content (AvgIpc) is 2.71. The third kappa shape index (κ3) is 3.58. The van der Waals surface area contributed by atoms with Gasteiger partial charge in [-0.15, -0.1) is 5.10 Å². The molecule has 0 spiro atoms. The first-order chi connectivity index (χ1) is 13.9. The van der Waals surface area contributed by atoms with Crippen LogP contribution in [0.3, 0.4) is 0 Å². The molecular weight excluding hydrogens is 376 g/mol. The molecule has 0 radical (unpaired) electrons. The van der Waals surface area contributed by atoms with E-state index in [1.54, 1.807) is 34.1 Å². The summed E-state index contributed by atoms with van der Waals surface area (Å²) in [6, 6.07) is 6.54. The van der Waals surface area contributed by atoms with Crippen LogP contribution < -0.4 is 4.90 Å². The van der Waals surface area contributed by atoms with Gasteiger partial charge in [-0.05, 0) is 25.1 Å². The fourth-order valence-corrected chi connectivity index (χ4v) is 3.95. The van der Waals surface area contributed by atoms with Crippen molar-refractivity contribution < 1.29 is 8.78 Å². The predicted molar refractivity (Wildman–Crippen MR) is 103 cm³/mol. The Hall–Kier alpha value is -3.28. The van der Waals surface area contributed by atoms with Crippen LogP contribution in [0.15, 0.2) is 36.9 Å². The highest BCUT2D eigenvalue weighted by Crippen LogP contribution is 2.39. The first kappa shape index (κ1) is 19.1. The number of nitriles is 1. The van der Waals surface area contributed by atoms with Gasteiger partial charge in [0.25, 0.3) is 0 Å². The summed E-state index contributed by atoms with van der Waals surface area (Å²) in [6.45, 7) is 2.57. The molecule has 0 saturated carbocycles. The molecule has 1 aliphatic rings. The van der Waals surface area contributed by atoms with Crippen molar-refractivity contribution in [1.29, 1.82) is 5.26 Å². The van der Waals surface area contributed by atoms with Gasteiger partial charge in [-0.1, -0.05) is 0 Å². The number of anilines is 1. The molecule has 4 rings (SSSR count). The molecule has 1 fully saturated rings. The summed E-state index contributed by atoms with van der Waals surface area (Å²) in [7, 11) is 1.83. The minimum absolute atomic E-state index is 0.159. The summed E-state index contributed by atoms with van der Waals surface area (Å²) in [5.41, 5.74) is 0.858. The van der Waals surface area contributed by atoms with Gasteiger partial charge in [0.2, 0.25) is 5.95 Å². The number of alkyl halides is 1. The molecule has 7 nitrogen and oxygen atoms in total. The van der Waals surface area contributed by atoms with Crippen molar-refractivity contribution >= 4 is 5.69 Å². The van der Waals surface area contributed by atoms with E-state index in [1.165, 1.54) is 12.3 Å². The number of halogens is 2. The van der Waals surface area contributed by atoms with Crippen LogP contribution in [0.4, 0.5) is 14.5 Å². The molecular formula is C20H21F2N7. The Morgan fingerprint density at radius 3 is 2.72 bits per heavy atom. The number of hydrogen-bond acceptors (Lipinski definition) is 5. The molecule has 2 atom stereocenters. The molecule has 29 heavy (non-hydrogen) atoms. The zero-order chi connectivity index (χ0) is 20.6. The van der Waals surface area contributed by atoms with Crippen molar-refractivity contribution in [2.75, 3.05) is 11.4 Å². The molecule has 1 saturated heterocycles. The van der Waals surface area contributed by atoms with E-state index in [9.17, 15) is 9.65 Å². The number of pyridine rings is 2. The van der Waals surface area contributed by atoms with Crippen molar-refractivity contribution in [1.82, 2.24) is 24.5 Å². The molecule has 4 heterocycles. The van der Waals surface area contributed by atoms with E-state index in [1.807, 2.05) is 18.9 Å². The van der Waals surface area contributed by atoms with Gasteiger partial charge in [-0.25, -0.2) is 9.37 Å². The quantitative estimate of drug-likeness (QED) is 0.633. The fourth-order valence-electron chi connectivity index (χ4n) is 3.95. The van der Waals surface area contributed by atoms with Crippen molar-refractivity contribution in [2.45, 2.75) is 38.0 Å². The van der Waals surface area contributed by atoms with E-state index in [4.69, 9.17) is 0 Å². The van der Waals surface area contributed by atoms with Gasteiger partial charge in [0.1, 0.15) is 18.1 Å². The lowest BCUT2D eigenvalue weighted by atomic mass is 9.87. The lowest BCUT2D eigenvalue weighted by Gasteiger charge is -2.43. The van der Waals surface area contributed by atoms with Gasteiger partial charge in [-0.2, -0.15) is 14.4 Å². The van der Waals surface area contributed by atoms with Crippen molar-refractivity contribution in [3.63, 3.8) is 0 Å². The van der Waals surface area contributed by atoms with Crippen LogP contribution in [-0.2, 0) is 13.6 Å². The highest BCUT2D eigenvalue weighted by atomic mass is 19.1. The number of nitrogens with zero attached hydrogens (tertiary/aromatic N) is 7. The van der Waals surface area contributed by atoms with Crippen LogP contribution in [0, 0.1) is 17.3 Å². The summed E-state index contributed by atoms with van der Waals surface area (Å²) in [4.78, 5) is 11.8. The molecule has 150 valence electrons. The Bertz CT molecular complexity index is 1050. The highest BCUT2D eigenvalue weighted by molar-refractivity contribution is 5.79. The minimum Gasteiger partial charge on any atom is -0.366 e. The Balaban J connectivity index is 1.66. The highest BCUT2D eigenvalue weighted by Gasteiger charge is 2.41. The molecule has 0 aliphatic carbocycles. The van der Waals surface area contributed by atoms with Gasteiger partial charge in [0.15, 0.2) is 0 Å². The number of aromatic nitrogens is 5. The molecule has 0 bridgehead atoms. The Kier molecular flexibility index (Phi) is 4.78. The third-order valence-corrected chi connectivity index (χ3v) is 5.47. The number of aryl methyl sites for hydroxylation is 1. The van der Waals surface area contributed by atoms with Crippen LogP contribution in [0.1, 0.15) is 25.3 Å². The second kappa shape index (κ2) is 7.28. The summed E-state index contributed by atoms with van der Waals surface area (Å²) in [5.74, 6) is -0.584. The van der Waals surface area contributed by atoms with Crippen molar-refractivity contribution in [3.8, 4) is 17.3 Å². The number of piperidine rings is 1. The Morgan fingerprint density at radius 1 is 1.31 bits per heavy atom. The second-order valence-electron chi connectivity index (χ2n) is 7.52. The maximum atomic E-state index is 15.5. The zero-order valence-electron chi connectivity index (χ0n) is 16.3. The third-order valence-electron chi connectivity index (χ3n) is 5.47. The SMILES string of the molecule is C[C@@H]1C[C@](F)(Cn2ncn2C)CCN1c1c(C#N)ccnc1-c1ccc(F)nc1. The van der Waals surface area contributed by atoms with Gasteiger partial charge in [-0.3, -0.25) is 9.67 Å². The smallest absolute Gasteiger partial charge is 0.212 e. The summed E-state index contributed by atoms with van der Waals surface area (Å²) < 4.78 is 30.5. The van der Waals surface area contributed by atoms with Crippen LogP contribution in [-0.4, -0.2) is 42.8 Å². The Morgan fingerprint density at radius 2 is 2.14 bits per heavy atom. The molecule has 1 aliphatic heterocycles. The van der Waals surface area contributed by atoms with Gasteiger partial charge in [0.05, 0.1) is 23.5 Å². The molecule has 3 aromatic rings. The summed E-state index contributed by atoms with van der Waals surface area (Å²) >= 11 is 0. The van der Waals surface area contributed by atoms with Crippen molar-refractivity contribution in [3.05, 3.63) is 48.4 Å². The van der Waals surface area contributed by atoms with E-state index < -0.39 is 11.6 Å². The van der Waals surface area contributed by atoms with Gasteiger partial charge >= 0.3 is 0 Å². The molecule has 3 aromatic heterocycles. The van der Waals surface area contributed by atoms with Crippen LogP contribution in [0.25, 0.3) is 11.3 Å². The number of rotatable bonds is 4. The molecule has 0 aromatic carbocycles. The summed E-state index contributed by atoms with van der Waals surface area (Å²) in [6.07, 6.45) is 5.19. The molecule has 0 N–H and O–H groups in total. The first-order valence-electron chi connectivity index (χ1n) is 9.41. The van der Waals surface area contributed by atoms with E-state index in [2.05, 4.69) is 21.1 Å². The average molecular weight is 397 g/mol. The lowest BCUT2D eigenvalue weighted by molar-refractivity contribution is 0.0655. The van der Waals surface area contributed by atoms with Gasteiger partial charge < -0.3 is 4.90 Å². The molecule has 0 amide bonds. The topological polar surface area (TPSA) is 75.6 Å². The van der Waals surface area contributed by atoms with Crippen LogP contribution in [0.5, 0.6) is 0 Å². The number of hydrogen-bond donors (Lipinski definition) is 0. The van der Waals surface area contributed by atoms with Crippen molar-refractivity contribution in [2.24, 2.45) is 7.05 Å².